The quantitative estimate of drug-likeness (QED) is 0.539. The highest BCUT2D eigenvalue weighted by Gasteiger charge is 2.19. The van der Waals surface area contributed by atoms with Crippen LogP contribution in [0, 0.1) is 0 Å². The lowest BCUT2D eigenvalue weighted by atomic mass is 10.0. The summed E-state index contributed by atoms with van der Waals surface area (Å²) in [6.45, 7) is 7.76. The fourth-order valence-corrected chi connectivity index (χ4v) is 2.02. The zero-order valence-corrected chi connectivity index (χ0v) is 9.07. The molecule has 1 rings (SSSR count). The average Bonchev–Trinajstić information content (AvgIpc) is 2.15. The second kappa shape index (κ2) is 5.22. The van der Waals surface area contributed by atoms with Gasteiger partial charge in [-0.25, -0.2) is 0 Å². The minimum Gasteiger partial charge on any atom is -0.359 e. The molecule has 2 nitrogen and oxygen atoms in total. The maximum atomic E-state index is 5.28. The maximum Gasteiger partial charge on any atom is 0.169 e. The van der Waals surface area contributed by atoms with E-state index in [0.29, 0.717) is 6.04 Å². The molecule has 0 unspecified atom stereocenters. The lowest BCUT2D eigenvalue weighted by Crippen LogP contribution is -2.47. The van der Waals surface area contributed by atoms with Gasteiger partial charge in [-0.15, -0.1) is 6.58 Å². The summed E-state index contributed by atoms with van der Waals surface area (Å²) in [4.78, 5) is 2.28. The summed E-state index contributed by atoms with van der Waals surface area (Å²) in [7, 11) is 0. The van der Waals surface area contributed by atoms with Crippen LogP contribution in [0.4, 0.5) is 0 Å². The minimum absolute atomic E-state index is 0.596. The van der Waals surface area contributed by atoms with Gasteiger partial charge in [0.2, 0.25) is 0 Å². The molecule has 0 amide bonds. The van der Waals surface area contributed by atoms with E-state index in [4.69, 9.17) is 12.2 Å². The topological polar surface area (TPSA) is 15.3 Å². The first-order valence-electron chi connectivity index (χ1n) is 4.91. The van der Waals surface area contributed by atoms with Crippen molar-refractivity contribution in [1.82, 2.24) is 10.2 Å². The van der Waals surface area contributed by atoms with Crippen LogP contribution in [0.1, 0.15) is 26.2 Å². The van der Waals surface area contributed by atoms with Crippen LogP contribution in [0.15, 0.2) is 12.7 Å². The van der Waals surface area contributed by atoms with Gasteiger partial charge in [0, 0.05) is 19.1 Å². The standard InChI is InChI=1S/C10H18N2S/c1-3-7-11-10(13)12-8-5-4-6-9(12)2/h3,9H,1,4-8H2,2H3,(H,11,13)/t9-/m1/s1. The number of thiocarbonyl (C=S) groups is 1. The van der Waals surface area contributed by atoms with E-state index in [9.17, 15) is 0 Å². The molecule has 0 aliphatic carbocycles. The molecule has 0 radical (unpaired) electrons. The van der Waals surface area contributed by atoms with Crippen molar-refractivity contribution in [1.29, 1.82) is 0 Å². The van der Waals surface area contributed by atoms with Crippen LogP contribution in [-0.2, 0) is 0 Å². The number of nitrogens with zero attached hydrogens (tertiary/aromatic N) is 1. The van der Waals surface area contributed by atoms with Crippen molar-refractivity contribution in [3.63, 3.8) is 0 Å². The molecule has 0 aromatic carbocycles. The Morgan fingerprint density at radius 2 is 2.46 bits per heavy atom. The van der Waals surface area contributed by atoms with Crippen LogP contribution in [0.3, 0.4) is 0 Å². The SMILES string of the molecule is C=CCNC(=S)N1CCCC[C@H]1C. The third-order valence-corrected chi connectivity index (χ3v) is 2.84. The van der Waals surface area contributed by atoms with Crippen molar-refractivity contribution < 1.29 is 0 Å². The summed E-state index contributed by atoms with van der Waals surface area (Å²) in [6.07, 6.45) is 5.69. The Kier molecular flexibility index (Phi) is 4.22. The predicted octanol–water partition coefficient (Wildman–Crippen LogP) is 1.92. The highest BCUT2D eigenvalue weighted by atomic mass is 32.1. The van der Waals surface area contributed by atoms with Crippen molar-refractivity contribution >= 4 is 17.3 Å². The number of likely N-dealkylation sites (tertiary alicyclic amines) is 1. The van der Waals surface area contributed by atoms with E-state index in [1.165, 1.54) is 19.3 Å². The van der Waals surface area contributed by atoms with Gasteiger partial charge in [-0.2, -0.15) is 0 Å². The monoisotopic (exact) mass is 198 g/mol. The van der Waals surface area contributed by atoms with Crippen molar-refractivity contribution in [2.75, 3.05) is 13.1 Å². The molecule has 74 valence electrons. The number of nitrogens with one attached hydrogen (secondary N) is 1. The molecule has 0 aromatic heterocycles. The van der Waals surface area contributed by atoms with Crippen LogP contribution in [0.5, 0.6) is 0 Å². The first-order valence-corrected chi connectivity index (χ1v) is 5.32. The second-order valence-corrected chi connectivity index (χ2v) is 3.90. The third kappa shape index (κ3) is 2.99. The molecule has 1 saturated heterocycles. The highest BCUT2D eigenvalue weighted by molar-refractivity contribution is 7.80. The van der Waals surface area contributed by atoms with E-state index in [2.05, 4.69) is 23.7 Å². The first kappa shape index (κ1) is 10.5. The molecular weight excluding hydrogens is 180 g/mol. The van der Waals surface area contributed by atoms with Gasteiger partial charge in [-0.05, 0) is 38.4 Å². The summed E-state index contributed by atoms with van der Waals surface area (Å²) in [5.41, 5.74) is 0. The minimum atomic E-state index is 0.596. The predicted molar refractivity (Wildman–Crippen MR) is 60.8 cm³/mol. The van der Waals surface area contributed by atoms with E-state index in [1.807, 2.05) is 6.08 Å². The van der Waals surface area contributed by atoms with Crippen LogP contribution in [0.25, 0.3) is 0 Å². The average molecular weight is 198 g/mol. The Labute approximate surface area is 86.0 Å². The molecule has 3 heteroatoms. The van der Waals surface area contributed by atoms with Gasteiger partial charge < -0.3 is 10.2 Å². The van der Waals surface area contributed by atoms with Crippen LogP contribution in [-0.4, -0.2) is 29.1 Å². The Hall–Kier alpha value is -0.570. The van der Waals surface area contributed by atoms with Crippen molar-refractivity contribution in [3.05, 3.63) is 12.7 Å². The van der Waals surface area contributed by atoms with Crippen molar-refractivity contribution in [2.24, 2.45) is 0 Å². The maximum absolute atomic E-state index is 5.28. The fourth-order valence-electron chi connectivity index (χ4n) is 1.66. The zero-order valence-electron chi connectivity index (χ0n) is 8.25. The summed E-state index contributed by atoms with van der Waals surface area (Å²) >= 11 is 5.28. The summed E-state index contributed by atoms with van der Waals surface area (Å²) < 4.78 is 0. The second-order valence-electron chi connectivity index (χ2n) is 3.51. The Morgan fingerprint density at radius 1 is 1.69 bits per heavy atom. The molecule has 0 bridgehead atoms. The fraction of sp³-hybridized carbons (Fsp3) is 0.700. The van der Waals surface area contributed by atoms with E-state index in [0.717, 1.165) is 18.2 Å². The van der Waals surface area contributed by atoms with Gasteiger partial charge in [0.1, 0.15) is 0 Å². The molecule has 13 heavy (non-hydrogen) atoms. The molecule has 1 atom stereocenters. The first-order chi connectivity index (χ1) is 6.25. The Bertz CT molecular complexity index is 191. The van der Waals surface area contributed by atoms with E-state index in [1.54, 1.807) is 0 Å². The van der Waals surface area contributed by atoms with Crippen LogP contribution in [0.2, 0.25) is 0 Å². The van der Waals surface area contributed by atoms with Gasteiger partial charge in [-0.3, -0.25) is 0 Å². The lowest BCUT2D eigenvalue weighted by molar-refractivity contribution is 0.256. The van der Waals surface area contributed by atoms with Gasteiger partial charge in [-0.1, -0.05) is 6.08 Å². The number of hydrogen-bond acceptors (Lipinski definition) is 1. The van der Waals surface area contributed by atoms with Crippen LogP contribution >= 0.6 is 12.2 Å². The molecular formula is C10H18N2S. The number of piperidine rings is 1. The zero-order chi connectivity index (χ0) is 9.68. The largest absolute Gasteiger partial charge is 0.359 e. The van der Waals surface area contributed by atoms with E-state index < -0.39 is 0 Å². The molecule has 0 spiro atoms. The smallest absolute Gasteiger partial charge is 0.169 e. The number of hydrogen-bond donors (Lipinski definition) is 1. The van der Waals surface area contributed by atoms with E-state index >= 15 is 0 Å². The molecule has 1 heterocycles. The molecule has 1 aliphatic heterocycles. The third-order valence-electron chi connectivity index (χ3n) is 2.46. The van der Waals surface area contributed by atoms with Crippen LogP contribution < -0.4 is 5.32 Å². The van der Waals surface area contributed by atoms with Crippen molar-refractivity contribution in [2.45, 2.75) is 32.2 Å². The van der Waals surface area contributed by atoms with Gasteiger partial charge >= 0.3 is 0 Å². The summed E-state index contributed by atoms with van der Waals surface area (Å²) in [5.74, 6) is 0. The van der Waals surface area contributed by atoms with Gasteiger partial charge in [0.05, 0.1) is 0 Å². The Balaban J connectivity index is 2.39. The highest BCUT2D eigenvalue weighted by Crippen LogP contribution is 2.16. The summed E-state index contributed by atoms with van der Waals surface area (Å²) in [5, 5.41) is 4.05. The molecule has 1 N–H and O–H groups in total. The molecule has 0 aromatic rings. The van der Waals surface area contributed by atoms with Crippen molar-refractivity contribution in [3.8, 4) is 0 Å². The van der Waals surface area contributed by atoms with Gasteiger partial charge in [0.25, 0.3) is 0 Å². The van der Waals surface area contributed by atoms with E-state index in [-0.39, 0.29) is 0 Å². The Morgan fingerprint density at radius 3 is 3.08 bits per heavy atom. The molecule has 1 fully saturated rings. The summed E-state index contributed by atoms with van der Waals surface area (Å²) in [6, 6.07) is 0.596. The number of rotatable bonds is 2. The van der Waals surface area contributed by atoms with Gasteiger partial charge in [0.15, 0.2) is 5.11 Å². The molecule has 1 aliphatic rings. The lowest BCUT2D eigenvalue weighted by Gasteiger charge is -2.35. The molecule has 0 saturated carbocycles. The normalized spacial score (nSPS) is 22.5.